The predicted molar refractivity (Wildman–Crippen MR) is 128 cm³/mol. The van der Waals surface area contributed by atoms with E-state index in [1.807, 2.05) is 24.3 Å². The van der Waals surface area contributed by atoms with Crippen LogP contribution >= 0.6 is 0 Å². The van der Waals surface area contributed by atoms with Gasteiger partial charge in [-0.3, -0.25) is 0 Å². The van der Waals surface area contributed by atoms with Gasteiger partial charge in [0.25, 0.3) is 0 Å². The molecule has 164 valence electrons. The highest BCUT2D eigenvalue weighted by Gasteiger charge is 2.21. The van der Waals surface area contributed by atoms with Crippen molar-refractivity contribution >= 4 is 16.8 Å². The highest BCUT2D eigenvalue weighted by Crippen LogP contribution is 2.47. The van der Waals surface area contributed by atoms with E-state index in [2.05, 4.69) is 25.6 Å². The Hall–Kier alpha value is -3.86. The van der Waals surface area contributed by atoms with Crippen molar-refractivity contribution in [1.82, 2.24) is 0 Å². The third-order valence-electron chi connectivity index (χ3n) is 5.82. The average Bonchev–Trinajstić information content (AvgIpc) is 3.36. The van der Waals surface area contributed by atoms with Gasteiger partial charge in [0.05, 0.1) is 41.0 Å². The monoisotopic (exact) mass is 430 g/mol. The van der Waals surface area contributed by atoms with Crippen LogP contribution in [-0.2, 0) is 0 Å². The molecule has 0 aliphatic heterocycles. The summed E-state index contributed by atoms with van der Waals surface area (Å²) >= 11 is 0. The summed E-state index contributed by atoms with van der Waals surface area (Å²) in [6.07, 6.45) is 5.16. The van der Waals surface area contributed by atoms with Gasteiger partial charge in [0, 0.05) is 16.7 Å². The van der Waals surface area contributed by atoms with E-state index in [0.29, 0.717) is 23.0 Å². The summed E-state index contributed by atoms with van der Waals surface area (Å²) in [6, 6.07) is 12.1. The van der Waals surface area contributed by atoms with Gasteiger partial charge in [0.15, 0.2) is 23.0 Å². The Labute approximate surface area is 187 Å². The van der Waals surface area contributed by atoms with Crippen molar-refractivity contribution in [3.63, 3.8) is 0 Å². The van der Waals surface area contributed by atoms with Crippen LogP contribution in [0.5, 0.6) is 23.0 Å². The first kappa shape index (κ1) is 21.4. The molecule has 32 heavy (non-hydrogen) atoms. The molecule has 1 heterocycles. The maximum Gasteiger partial charge on any atom is 0.169 e. The van der Waals surface area contributed by atoms with Crippen LogP contribution < -0.4 is 18.9 Å². The summed E-state index contributed by atoms with van der Waals surface area (Å²) in [4.78, 5) is 0. The van der Waals surface area contributed by atoms with E-state index in [1.165, 1.54) is 0 Å². The highest BCUT2D eigenvalue weighted by molar-refractivity contribution is 6.05. The van der Waals surface area contributed by atoms with E-state index >= 15 is 0 Å². The van der Waals surface area contributed by atoms with Crippen LogP contribution in [0.25, 0.3) is 39.1 Å². The second-order valence-corrected chi connectivity index (χ2v) is 7.30. The second-order valence-electron chi connectivity index (χ2n) is 7.30. The van der Waals surface area contributed by atoms with Gasteiger partial charge in [-0.1, -0.05) is 24.8 Å². The number of aryl methyl sites for hydroxylation is 1. The maximum absolute atomic E-state index is 5.74. The molecular weight excluding hydrogens is 404 g/mol. The van der Waals surface area contributed by atoms with Crippen molar-refractivity contribution < 1.29 is 23.4 Å². The van der Waals surface area contributed by atoms with Crippen LogP contribution in [0.4, 0.5) is 0 Å². The smallest absolute Gasteiger partial charge is 0.169 e. The Bertz CT molecular complexity index is 1290. The van der Waals surface area contributed by atoms with Crippen molar-refractivity contribution in [2.75, 3.05) is 28.4 Å². The molecule has 3 aromatic carbocycles. The minimum Gasteiger partial charge on any atom is -0.493 e. The molecule has 0 amide bonds. The zero-order valence-electron chi connectivity index (χ0n) is 18.9. The molecule has 5 heteroatoms. The number of rotatable bonds is 7. The van der Waals surface area contributed by atoms with E-state index in [9.17, 15) is 0 Å². The molecule has 1 aromatic heterocycles. The lowest BCUT2D eigenvalue weighted by Gasteiger charge is -2.20. The number of hydrogen-bond acceptors (Lipinski definition) is 5. The molecule has 0 spiro atoms. The van der Waals surface area contributed by atoms with Crippen molar-refractivity contribution in [2.45, 2.75) is 6.92 Å². The van der Waals surface area contributed by atoms with Gasteiger partial charge < -0.3 is 23.4 Å². The molecular formula is C27H26O5. The molecule has 5 nitrogen and oxygen atoms in total. The molecule has 0 radical (unpaired) electrons. The molecule has 0 unspecified atom stereocenters. The molecule has 0 fully saturated rings. The van der Waals surface area contributed by atoms with E-state index < -0.39 is 0 Å². The number of benzene rings is 3. The van der Waals surface area contributed by atoms with Crippen molar-refractivity contribution in [3.05, 3.63) is 66.6 Å². The molecule has 0 atom stereocenters. The standard InChI is InChI=1S/C27H26O5/c1-7-18-20(10-11-23(28-3)26(18)30-5)19-8-9-21-22(16(19)2)14-24(29-4)27(31-6)25(21)17-12-13-32-15-17/h7-15H,1H2,2-6H3. The van der Waals surface area contributed by atoms with Crippen LogP contribution in [0.1, 0.15) is 11.1 Å². The Morgan fingerprint density at radius 3 is 2.09 bits per heavy atom. The first-order valence-corrected chi connectivity index (χ1v) is 10.2. The van der Waals surface area contributed by atoms with Gasteiger partial charge in [-0.25, -0.2) is 0 Å². The van der Waals surface area contributed by atoms with Gasteiger partial charge in [-0.15, -0.1) is 0 Å². The molecule has 0 N–H and O–H groups in total. The second kappa shape index (κ2) is 8.71. The quantitative estimate of drug-likeness (QED) is 0.324. The van der Waals surface area contributed by atoms with Crippen LogP contribution in [0.2, 0.25) is 0 Å². The zero-order valence-corrected chi connectivity index (χ0v) is 18.9. The normalized spacial score (nSPS) is 10.8. The number of ether oxygens (including phenoxy) is 4. The van der Waals surface area contributed by atoms with Gasteiger partial charge >= 0.3 is 0 Å². The highest BCUT2D eigenvalue weighted by atomic mass is 16.5. The summed E-state index contributed by atoms with van der Waals surface area (Å²) < 4.78 is 27.9. The van der Waals surface area contributed by atoms with Crippen LogP contribution in [-0.4, -0.2) is 28.4 Å². The number of methoxy groups -OCH3 is 4. The number of furan rings is 1. The Morgan fingerprint density at radius 1 is 0.781 bits per heavy atom. The number of fused-ring (bicyclic) bond motifs is 1. The fraction of sp³-hybridized carbons (Fsp3) is 0.185. The van der Waals surface area contributed by atoms with Crippen molar-refractivity contribution in [3.8, 4) is 45.3 Å². The van der Waals surface area contributed by atoms with Gasteiger partial charge in [0.2, 0.25) is 0 Å². The summed E-state index contributed by atoms with van der Waals surface area (Å²) in [5.41, 5.74) is 5.92. The van der Waals surface area contributed by atoms with Crippen LogP contribution in [0.15, 0.2) is 59.9 Å². The lowest BCUT2D eigenvalue weighted by molar-refractivity contribution is 0.354. The third kappa shape index (κ3) is 3.26. The molecule has 0 aliphatic carbocycles. The third-order valence-corrected chi connectivity index (χ3v) is 5.82. The van der Waals surface area contributed by atoms with Crippen LogP contribution in [0, 0.1) is 6.92 Å². The van der Waals surface area contributed by atoms with Crippen LogP contribution in [0.3, 0.4) is 0 Å². The molecule has 4 rings (SSSR count). The number of hydrogen-bond donors (Lipinski definition) is 0. The minimum absolute atomic E-state index is 0.658. The van der Waals surface area contributed by atoms with Crippen molar-refractivity contribution in [2.24, 2.45) is 0 Å². The topological polar surface area (TPSA) is 50.1 Å². The molecule has 0 saturated carbocycles. The lowest BCUT2D eigenvalue weighted by atomic mass is 9.89. The molecule has 0 aliphatic rings. The van der Waals surface area contributed by atoms with Crippen molar-refractivity contribution in [1.29, 1.82) is 0 Å². The summed E-state index contributed by atoms with van der Waals surface area (Å²) in [7, 11) is 6.56. The summed E-state index contributed by atoms with van der Waals surface area (Å²) in [5, 5.41) is 2.10. The van der Waals surface area contributed by atoms with Gasteiger partial charge in [0.1, 0.15) is 0 Å². The maximum atomic E-state index is 5.74. The van der Waals surface area contributed by atoms with Gasteiger partial charge in [-0.05, 0) is 58.7 Å². The summed E-state index contributed by atoms with van der Waals surface area (Å²) in [6.45, 7) is 6.11. The van der Waals surface area contributed by atoms with E-state index in [-0.39, 0.29) is 0 Å². The predicted octanol–water partition coefficient (Wildman–Crippen LogP) is 6.75. The average molecular weight is 431 g/mol. The Balaban J connectivity index is 2.06. The molecule has 0 bridgehead atoms. The minimum atomic E-state index is 0.658. The van der Waals surface area contributed by atoms with Gasteiger partial charge in [-0.2, -0.15) is 0 Å². The fourth-order valence-corrected chi connectivity index (χ4v) is 4.30. The fourth-order valence-electron chi connectivity index (χ4n) is 4.30. The largest absolute Gasteiger partial charge is 0.493 e. The lowest BCUT2D eigenvalue weighted by Crippen LogP contribution is -1.98. The zero-order chi connectivity index (χ0) is 22.8. The molecule has 4 aromatic rings. The molecule has 0 saturated heterocycles. The Morgan fingerprint density at radius 2 is 1.50 bits per heavy atom. The van der Waals surface area contributed by atoms with E-state index in [4.69, 9.17) is 23.4 Å². The van der Waals surface area contributed by atoms with E-state index in [0.717, 1.165) is 44.2 Å². The Kier molecular flexibility index (Phi) is 5.82. The first-order valence-electron chi connectivity index (χ1n) is 10.2. The van der Waals surface area contributed by atoms with E-state index in [1.54, 1.807) is 47.0 Å². The SMILES string of the molecule is C=Cc1c(-c2ccc3c(-c4ccoc4)c(OC)c(OC)cc3c2C)ccc(OC)c1OC. The first-order chi connectivity index (χ1) is 15.6. The summed E-state index contributed by atoms with van der Waals surface area (Å²) in [5.74, 6) is 2.66.